The van der Waals surface area contributed by atoms with Crippen molar-refractivity contribution in [3.63, 3.8) is 0 Å². The molecule has 0 aliphatic rings. The number of nitrogens with zero attached hydrogens (tertiary/aromatic N) is 1. The van der Waals surface area contributed by atoms with Crippen LogP contribution < -0.4 is 10.6 Å². The van der Waals surface area contributed by atoms with E-state index in [0.717, 1.165) is 12.1 Å². The van der Waals surface area contributed by atoms with E-state index >= 15 is 0 Å². The van der Waals surface area contributed by atoms with Gasteiger partial charge in [0, 0.05) is 11.4 Å². The number of benzene rings is 2. The van der Waals surface area contributed by atoms with Crippen LogP contribution in [0, 0.1) is 5.82 Å². The zero-order valence-corrected chi connectivity index (χ0v) is 14.4. The molecule has 0 bridgehead atoms. The van der Waals surface area contributed by atoms with E-state index in [1.807, 2.05) is 24.3 Å². The molecule has 132 valence electrons. The third-order valence-corrected chi connectivity index (χ3v) is 3.58. The second kappa shape index (κ2) is 8.94. The van der Waals surface area contributed by atoms with E-state index in [0.29, 0.717) is 5.69 Å². The Bertz CT molecular complexity index is 732. The number of hydrogen-bond donors (Lipinski definition) is 2. The van der Waals surface area contributed by atoms with Gasteiger partial charge in [-0.25, -0.2) is 4.39 Å². The lowest BCUT2D eigenvalue weighted by Gasteiger charge is -2.16. The molecule has 2 aromatic carbocycles. The van der Waals surface area contributed by atoms with Gasteiger partial charge >= 0.3 is 0 Å². The van der Waals surface area contributed by atoms with Crippen molar-refractivity contribution in [2.45, 2.75) is 13.3 Å². The Kier molecular flexibility index (Phi) is 6.65. The number of amides is 2. The van der Waals surface area contributed by atoms with Crippen LogP contribution in [0.15, 0.2) is 48.5 Å². The third kappa shape index (κ3) is 6.35. The highest BCUT2D eigenvalue weighted by molar-refractivity contribution is 5.94. The molecule has 5 nitrogen and oxygen atoms in total. The van der Waals surface area contributed by atoms with Gasteiger partial charge in [0.15, 0.2) is 0 Å². The highest BCUT2D eigenvalue weighted by Gasteiger charge is 2.11. The van der Waals surface area contributed by atoms with Crippen LogP contribution in [0.2, 0.25) is 0 Å². The van der Waals surface area contributed by atoms with Crippen LogP contribution in [0.1, 0.15) is 12.5 Å². The standard InChI is InChI=1S/C19H22FN3O2/c1-3-14-7-9-16(10-8-14)21-18(24)12-23(2)13-19(25)22-17-6-4-5-15(20)11-17/h4-11H,3,12-13H2,1-2H3,(H,21,24)(H,22,25). The van der Waals surface area contributed by atoms with Gasteiger partial charge in [-0.15, -0.1) is 0 Å². The second-order valence-electron chi connectivity index (χ2n) is 5.83. The molecule has 0 saturated carbocycles. The first-order valence-corrected chi connectivity index (χ1v) is 8.09. The minimum Gasteiger partial charge on any atom is -0.325 e. The fourth-order valence-corrected chi connectivity index (χ4v) is 2.34. The molecule has 0 saturated heterocycles. The maximum absolute atomic E-state index is 13.1. The first-order chi connectivity index (χ1) is 12.0. The highest BCUT2D eigenvalue weighted by atomic mass is 19.1. The lowest BCUT2D eigenvalue weighted by Crippen LogP contribution is -2.36. The van der Waals surface area contributed by atoms with E-state index in [-0.39, 0.29) is 24.9 Å². The van der Waals surface area contributed by atoms with Gasteiger partial charge in [-0.2, -0.15) is 0 Å². The molecule has 2 amide bonds. The normalized spacial score (nSPS) is 10.6. The molecule has 0 fully saturated rings. The van der Waals surface area contributed by atoms with Crippen molar-refractivity contribution >= 4 is 23.2 Å². The summed E-state index contributed by atoms with van der Waals surface area (Å²) in [5.41, 5.74) is 2.31. The van der Waals surface area contributed by atoms with E-state index in [1.54, 1.807) is 18.0 Å². The first kappa shape index (κ1) is 18.6. The number of nitrogens with one attached hydrogen (secondary N) is 2. The van der Waals surface area contributed by atoms with Crippen molar-refractivity contribution < 1.29 is 14.0 Å². The summed E-state index contributed by atoms with van der Waals surface area (Å²) in [5.74, 6) is -0.932. The van der Waals surface area contributed by atoms with Gasteiger partial charge in [-0.3, -0.25) is 14.5 Å². The van der Waals surface area contributed by atoms with E-state index in [4.69, 9.17) is 0 Å². The number of likely N-dealkylation sites (N-methyl/N-ethyl adjacent to an activating group) is 1. The molecular weight excluding hydrogens is 321 g/mol. The maximum atomic E-state index is 13.1. The Labute approximate surface area is 146 Å². The smallest absolute Gasteiger partial charge is 0.238 e. The molecule has 0 spiro atoms. The number of carbonyl (C=O) groups is 2. The van der Waals surface area contributed by atoms with Crippen LogP contribution in [0.25, 0.3) is 0 Å². The zero-order chi connectivity index (χ0) is 18.2. The summed E-state index contributed by atoms with van der Waals surface area (Å²) in [6.45, 7) is 2.17. The SMILES string of the molecule is CCc1ccc(NC(=O)CN(C)CC(=O)Nc2cccc(F)c2)cc1. The first-order valence-electron chi connectivity index (χ1n) is 8.09. The van der Waals surface area contributed by atoms with Crippen LogP contribution in [-0.4, -0.2) is 36.9 Å². The average Bonchev–Trinajstić information content (AvgIpc) is 2.55. The molecule has 0 aromatic heterocycles. The van der Waals surface area contributed by atoms with Crippen LogP contribution in [0.4, 0.5) is 15.8 Å². The molecule has 0 aliphatic heterocycles. The minimum absolute atomic E-state index is 0.0265. The fourth-order valence-electron chi connectivity index (χ4n) is 2.34. The summed E-state index contributed by atoms with van der Waals surface area (Å²) in [7, 11) is 1.67. The predicted molar refractivity (Wildman–Crippen MR) is 97.0 cm³/mol. The number of hydrogen-bond acceptors (Lipinski definition) is 3. The van der Waals surface area contributed by atoms with Gasteiger partial charge in [-0.1, -0.05) is 25.1 Å². The van der Waals surface area contributed by atoms with Crippen molar-refractivity contribution in [2.24, 2.45) is 0 Å². The monoisotopic (exact) mass is 343 g/mol. The van der Waals surface area contributed by atoms with Crippen molar-refractivity contribution in [1.29, 1.82) is 0 Å². The maximum Gasteiger partial charge on any atom is 0.238 e. The van der Waals surface area contributed by atoms with Gasteiger partial charge in [0.1, 0.15) is 5.82 Å². The van der Waals surface area contributed by atoms with Crippen LogP contribution in [0.5, 0.6) is 0 Å². The van der Waals surface area contributed by atoms with Crippen molar-refractivity contribution in [3.8, 4) is 0 Å². The molecule has 25 heavy (non-hydrogen) atoms. The topological polar surface area (TPSA) is 61.4 Å². The lowest BCUT2D eigenvalue weighted by molar-refractivity contribution is -0.119. The molecule has 0 aliphatic carbocycles. The van der Waals surface area contributed by atoms with Gasteiger partial charge in [0.05, 0.1) is 13.1 Å². The quantitative estimate of drug-likeness (QED) is 0.813. The van der Waals surface area contributed by atoms with Crippen molar-refractivity contribution in [3.05, 3.63) is 59.9 Å². The van der Waals surface area contributed by atoms with Crippen molar-refractivity contribution in [1.82, 2.24) is 4.90 Å². The fraction of sp³-hybridized carbons (Fsp3) is 0.263. The molecule has 6 heteroatoms. The minimum atomic E-state index is -0.417. The molecule has 2 rings (SSSR count). The lowest BCUT2D eigenvalue weighted by atomic mass is 10.1. The second-order valence-corrected chi connectivity index (χ2v) is 5.83. The van der Waals surface area contributed by atoms with E-state index < -0.39 is 5.82 Å². The Hall–Kier alpha value is -2.73. The molecule has 0 unspecified atom stereocenters. The largest absolute Gasteiger partial charge is 0.325 e. The summed E-state index contributed by atoms with van der Waals surface area (Å²) in [6.07, 6.45) is 0.942. The molecule has 2 aromatic rings. The van der Waals surface area contributed by atoms with Crippen LogP contribution in [-0.2, 0) is 16.0 Å². The van der Waals surface area contributed by atoms with E-state index in [9.17, 15) is 14.0 Å². The zero-order valence-electron chi connectivity index (χ0n) is 14.4. The predicted octanol–water partition coefficient (Wildman–Crippen LogP) is 2.90. The van der Waals surface area contributed by atoms with Crippen LogP contribution >= 0.6 is 0 Å². The average molecular weight is 343 g/mol. The highest BCUT2D eigenvalue weighted by Crippen LogP contribution is 2.10. The van der Waals surface area contributed by atoms with E-state index in [1.165, 1.54) is 23.8 Å². The Morgan fingerprint density at radius 1 is 0.960 bits per heavy atom. The third-order valence-electron chi connectivity index (χ3n) is 3.58. The summed E-state index contributed by atoms with van der Waals surface area (Å²) in [5, 5.41) is 5.39. The number of anilines is 2. The number of rotatable bonds is 7. The molecule has 0 atom stereocenters. The summed E-state index contributed by atoms with van der Waals surface area (Å²) in [4.78, 5) is 25.6. The molecule has 0 heterocycles. The number of aryl methyl sites for hydroxylation is 1. The summed E-state index contributed by atoms with van der Waals surface area (Å²) < 4.78 is 13.1. The molecular formula is C19H22FN3O2. The van der Waals surface area contributed by atoms with E-state index in [2.05, 4.69) is 17.6 Å². The summed E-state index contributed by atoms with van der Waals surface area (Å²) >= 11 is 0. The van der Waals surface area contributed by atoms with Gasteiger partial charge in [0.2, 0.25) is 11.8 Å². The Morgan fingerprint density at radius 3 is 2.12 bits per heavy atom. The summed E-state index contributed by atoms with van der Waals surface area (Å²) in [6, 6.07) is 13.3. The van der Waals surface area contributed by atoms with Crippen molar-refractivity contribution in [2.75, 3.05) is 30.8 Å². The number of halogens is 1. The van der Waals surface area contributed by atoms with Gasteiger partial charge < -0.3 is 10.6 Å². The van der Waals surface area contributed by atoms with Gasteiger partial charge in [-0.05, 0) is 49.4 Å². The number of carbonyl (C=O) groups excluding carboxylic acids is 2. The van der Waals surface area contributed by atoms with Crippen LogP contribution in [0.3, 0.4) is 0 Å². The molecule has 2 N–H and O–H groups in total. The Morgan fingerprint density at radius 2 is 1.56 bits per heavy atom. The molecule has 0 radical (unpaired) electrons. The van der Waals surface area contributed by atoms with Gasteiger partial charge in [0.25, 0.3) is 0 Å². The Balaban J connectivity index is 1.79.